The summed E-state index contributed by atoms with van der Waals surface area (Å²) in [5, 5.41) is 0. The number of nitrogens with zero attached hydrogens (tertiary/aromatic N) is 1. The quantitative estimate of drug-likeness (QED) is 0.834. The second-order valence-corrected chi connectivity index (χ2v) is 7.26. The van der Waals surface area contributed by atoms with Crippen LogP contribution in [-0.4, -0.2) is 44.4 Å². The third-order valence-corrected chi connectivity index (χ3v) is 5.70. The molecular weight excluding hydrogens is 292 g/mol. The molecule has 6 heteroatoms. The standard InChI is InChI=1S/C14H20N2O2S2/c1-12(11-19-3)16(2)20(17,18)14-8-6-13(7-9-14)5-4-10-15/h6-9,12H,10-11,15H2,1-3H3. The molecule has 0 spiro atoms. The zero-order valence-corrected chi connectivity index (χ0v) is 13.6. The molecular formula is C14H20N2O2S2. The number of rotatable bonds is 5. The van der Waals surface area contributed by atoms with Crippen LogP contribution >= 0.6 is 11.8 Å². The van der Waals surface area contributed by atoms with Gasteiger partial charge < -0.3 is 5.73 Å². The van der Waals surface area contributed by atoms with Crippen LogP contribution in [0.3, 0.4) is 0 Å². The van der Waals surface area contributed by atoms with E-state index in [-0.39, 0.29) is 17.5 Å². The molecule has 0 radical (unpaired) electrons. The van der Waals surface area contributed by atoms with Gasteiger partial charge in [0.05, 0.1) is 11.4 Å². The lowest BCUT2D eigenvalue weighted by Crippen LogP contribution is -2.36. The summed E-state index contributed by atoms with van der Waals surface area (Å²) in [6.45, 7) is 2.18. The van der Waals surface area contributed by atoms with E-state index < -0.39 is 10.0 Å². The lowest BCUT2D eigenvalue weighted by molar-refractivity contribution is 0.415. The Morgan fingerprint density at radius 3 is 2.45 bits per heavy atom. The van der Waals surface area contributed by atoms with Crippen molar-refractivity contribution in [1.29, 1.82) is 0 Å². The number of hydrogen-bond donors (Lipinski definition) is 1. The van der Waals surface area contributed by atoms with Gasteiger partial charge in [-0.25, -0.2) is 8.42 Å². The van der Waals surface area contributed by atoms with Gasteiger partial charge in [0.15, 0.2) is 0 Å². The van der Waals surface area contributed by atoms with E-state index >= 15 is 0 Å². The van der Waals surface area contributed by atoms with Crippen molar-refractivity contribution in [2.45, 2.75) is 17.9 Å². The van der Waals surface area contributed by atoms with Crippen LogP contribution in [0, 0.1) is 11.8 Å². The van der Waals surface area contributed by atoms with Gasteiger partial charge in [-0.3, -0.25) is 0 Å². The third-order valence-electron chi connectivity index (χ3n) is 2.89. The average Bonchev–Trinajstić information content (AvgIpc) is 2.45. The van der Waals surface area contributed by atoms with Crippen LogP contribution in [0.2, 0.25) is 0 Å². The van der Waals surface area contributed by atoms with Gasteiger partial charge in [-0.05, 0) is 37.4 Å². The summed E-state index contributed by atoms with van der Waals surface area (Å²) in [4.78, 5) is 0.284. The minimum Gasteiger partial charge on any atom is -0.320 e. The zero-order valence-electron chi connectivity index (χ0n) is 12.0. The van der Waals surface area contributed by atoms with Crippen molar-refractivity contribution < 1.29 is 8.42 Å². The lowest BCUT2D eigenvalue weighted by atomic mass is 10.2. The first-order valence-electron chi connectivity index (χ1n) is 6.19. The molecule has 0 aliphatic carbocycles. The average molecular weight is 312 g/mol. The lowest BCUT2D eigenvalue weighted by Gasteiger charge is -2.23. The molecule has 0 amide bonds. The summed E-state index contributed by atoms with van der Waals surface area (Å²) in [5.41, 5.74) is 6.06. The topological polar surface area (TPSA) is 63.4 Å². The van der Waals surface area contributed by atoms with Gasteiger partial charge in [-0.2, -0.15) is 16.1 Å². The summed E-state index contributed by atoms with van der Waals surface area (Å²) in [7, 11) is -1.84. The number of sulfonamides is 1. The maximum atomic E-state index is 12.4. The second kappa shape index (κ2) is 7.70. The highest BCUT2D eigenvalue weighted by Gasteiger charge is 2.24. The van der Waals surface area contributed by atoms with Gasteiger partial charge in [0.25, 0.3) is 0 Å². The molecule has 20 heavy (non-hydrogen) atoms. The normalized spacial score (nSPS) is 12.8. The van der Waals surface area contributed by atoms with Gasteiger partial charge >= 0.3 is 0 Å². The Morgan fingerprint density at radius 1 is 1.35 bits per heavy atom. The van der Waals surface area contributed by atoms with Crippen molar-refractivity contribution in [1.82, 2.24) is 4.31 Å². The minimum atomic E-state index is -3.45. The first kappa shape index (κ1) is 17.1. The van der Waals surface area contributed by atoms with Gasteiger partial charge in [0, 0.05) is 24.4 Å². The molecule has 0 saturated carbocycles. The molecule has 1 rings (SSSR count). The first-order chi connectivity index (χ1) is 9.43. The van der Waals surface area contributed by atoms with Crippen molar-refractivity contribution in [2.24, 2.45) is 5.73 Å². The Kier molecular flexibility index (Phi) is 6.56. The van der Waals surface area contributed by atoms with E-state index in [0.717, 1.165) is 11.3 Å². The molecule has 0 aliphatic rings. The second-order valence-electron chi connectivity index (χ2n) is 4.36. The summed E-state index contributed by atoms with van der Waals surface area (Å²) in [6, 6.07) is 6.51. The highest BCUT2D eigenvalue weighted by atomic mass is 32.2. The summed E-state index contributed by atoms with van der Waals surface area (Å²) in [6.07, 6.45) is 1.96. The van der Waals surface area contributed by atoms with E-state index in [2.05, 4.69) is 11.8 Å². The van der Waals surface area contributed by atoms with Crippen molar-refractivity contribution in [3.63, 3.8) is 0 Å². The van der Waals surface area contributed by atoms with Crippen LogP contribution in [0.5, 0.6) is 0 Å². The van der Waals surface area contributed by atoms with Crippen LogP contribution < -0.4 is 5.73 Å². The van der Waals surface area contributed by atoms with Crippen LogP contribution in [0.1, 0.15) is 12.5 Å². The van der Waals surface area contributed by atoms with E-state index in [0.29, 0.717) is 0 Å². The summed E-state index contributed by atoms with van der Waals surface area (Å²) >= 11 is 1.62. The van der Waals surface area contributed by atoms with Crippen molar-refractivity contribution in [3.8, 4) is 11.8 Å². The smallest absolute Gasteiger partial charge is 0.243 e. The first-order valence-corrected chi connectivity index (χ1v) is 9.03. The Labute approximate surface area is 125 Å². The maximum absolute atomic E-state index is 12.4. The number of benzene rings is 1. The highest BCUT2D eigenvalue weighted by Crippen LogP contribution is 2.18. The molecule has 1 aromatic carbocycles. The zero-order chi connectivity index (χ0) is 15.2. The highest BCUT2D eigenvalue weighted by molar-refractivity contribution is 7.98. The molecule has 0 saturated heterocycles. The molecule has 0 aliphatic heterocycles. The SMILES string of the molecule is CSCC(C)N(C)S(=O)(=O)c1ccc(C#CCN)cc1. The molecule has 0 heterocycles. The molecule has 0 bridgehead atoms. The van der Waals surface area contributed by atoms with Gasteiger partial charge in [-0.15, -0.1) is 0 Å². The molecule has 110 valence electrons. The van der Waals surface area contributed by atoms with E-state index in [1.165, 1.54) is 4.31 Å². The van der Waals surface area contributed by atoms with Crippen LogP contribution in [0.4, 0.5) is 0 Å². The predicted molar refractivity (Wildman–Crippen MR) is 85.2 cm³/mol. The fourth-order valence-corrected chi connectivity index (χ4v) is 3.77. The van der Waals surface area contributed by atoms with E-state index in [1.54, 1.807) is 43.1 Å². The van der Waals surface area contributed by atoms with E-state index in [9.17, 15) is 8.42 Å². The van der Waals surface area contributed by atoms with Crippen molar-refractivity contribution in [3.05, 3.63) is 29.8 Å². The Balaban J connectivity index is 2.98. The number of nitrogens with two attached hydrogens (primary N) is 1. The van der Waals surface area contributed by atoms with E-state index in [1.807, 2.05) is 13.2 Å². The summed E-state index contributed by atoms with van der Waals surface area (Å²) < 4.78 is 26.3. The monoisotopic (exact) mass is 312 g/mol. The Bertz CT molecular complexity index is 586. The van der Waals surface area contributed by atoms with Gasteiger partial charge in [-0.1, -0.05) is 11.8 Å². The van der Waals surface area contributed by atoms with Crippen LogP contribution in [0.25, 0.3) is 0 Å². The molecule has 0 fully saturated rings. The molecule has 1 atom stereocenters. The Hall–Kier alpha value is -1.00. The van der Waals surface area contributed by atoms with E-state index in [4.69, 9.17) is 5.73 Å². The maximum Gasteiger partial charge on any atom is 0.243 e. The fraction of sp³-hybridized carbons (Fsp3) is 0.429. The largest absolute Gasteiger partial charge is 0.320 e. The molecule has 1 aromatic rings. The van der Waals surface area contributed by atoms with Gasteiger partial charge in [0.2, 0.25) is 10.0 Å². The minimum absolute atomic E-state index is 0.0493. The molecule has 2 N–H and O–H groups in total. The molecule has 4 nitrogen and oxygen atoms in total. The summed E-state index contributed by atoms with van der Waals surface area (Å²) in [5.74, 6) is 6.36. The van der Waals surface area contributed by atoms with Crippen molar-refractivity contribution >= 4 is 21.8 Å². The van der Waals surface area contributed by atoms with Crippen molar-refractivity contribution in [2.75, 3.05) is 25.6 Å². The third kappa shape index (κ3) is 4.25. The molecule has 0 aromatic heterocycles. The number of thioether (sulfide) groups is 1. The predicted octanol–water partition coefficient (Wildman–Crippen LogP) is 1.37. The fourth-order valence-electron chi connectivity index (χ4n) is 1.61. The van der Waals surface area contributed by atoms with Crippen LogP contribution in [0.15, 0.2) is 29.2 Å². The van der Waals surface area contributed by atoms with Crippen LogP contribution in [-0.2, 0) is 10.0 Å². The number of hydrogen-bond acceptors (Lipinski definition) is 4. The molecule has 1 unspecified atom stereocenters. The van der Waals surface area contributed by atoms with Gasteiger partial charge in [0.1, 0.15) is 0 Å². The Morgan fingerprint density at radius 2 is 1.95 bits per heavy atom.